The molecule has 0 aliphatic heterocycles. The van der Waals surface area contributed by atoms with E-state index < -0.39 is 6.43 Å². The van der Waals surface area contributed by atoms with Crippen molar-refractivity contribution in [2.45, 2.75) is 34.1 Å². The molecule has 0 N–H and O–H groups in total. The van der Waals surface area contributed by atoms with Crippen LogP contribution in [0.15, 0.2) is 0 Å². The largest absolute Gasteiger partial charge is 0.241 e. The van der Waals surface area contributed by atoms with E-state index in [1.54, 1.807) is 0 Å². The Morgan fingerprint density at radius 2 is 1.78 bits per heavy atom. The molecule has 0 spiro atoms. The fraction of sp³-hybridized carbons (Fsp3) is 1.00. The Labute approximate surface area is 55.3 Å². The van der Waals surface area contributed by atoms with Gasteiger partial charge in [-0.05, 0) is 11.8 Å². The first-order valence-corrected chi connectivity index (χ1v) is 2.82. The molecule has 2 heteroatoms. The van der Waals surface area contributed by atoms with Crippen molar-refractivity contribution >= 4 is 0 Å². The van der Waals surface area contributed by atoms with E-state index in [4.69, 9.17) is 0 Å². The number of hydrogen-bond donors (Lipinski definition) is 0. The van der Waals surface area contributed by atoms with Crippen molar-refractivity contribution in [2.24, 2.45) is 11.3 Å². The van der Waals surface area contributed by atoms with Crippen LogP contribution in [0.5, 0.6) is 0 Å². The second kappa shape index (κ2) is 2.24. The van der Waals surface area contributed by atoms with Crippen LogP contribution >= 0.6 is 0 Å². The van der Waals surface area contributed by atoms with Gasteiger partial charge in [0, 0.05) is 5.92 Å². The molecule has 0 unspecified atom stereocenters. The van der Waals surface area contributed by atoms with Crippen molar-refractivity contribution in [1.82, 2.24) is 0 Å². The molecule has 9 heavy (non-hydrogen) atoms. The van der Waals surface area contributed by atoms with E-state index in [-0.39, 0.29) is 18.8 Å². The highest BCUT2D eigenvalue weighted by Gasteiger charge is 2.51. The summed E-state index contributed by atoms with van der Waals surface area (Å²) in [6.45, 7) is 3.76. The molecular weight excluding hydrogens is 122 g/mol. The zero-order valence-electron chi connectivity index (χ0n) is 5.12. The van der Waals surface area contributed by atoms with Gasteiger partial charge in [0.05, 0.1) is 0 Å². The third-order valence-corrected chi connectivity index (χ3v) is 1.89. The molecule has 0 aromatic carbocycles. The van der Waals surface area contributed by atoms with Gasteiger partial charge in [-0.3, -0.25) is 0 Å². The fourth-order valence-corrected chi connectivity index (χ4v) is 0.938. The number of rotatable bonds is 1. The second-order valence-electron chi connectivity index (χ2n) is 3.13. The van der Waals surface area contributed by atoms with Crippen molar-refractivity contribution in [3.63, 3.8) is 0 Å². The molecule has 0 heterocycles. The van der Waals surface area contributed by atoms with E-state index in [0.717, 1.165) is 0 Å². The minimum atomic E-state index is -2.09. The van der Waals surface area contributed by atoms with Crippen LogP contribution in [0.1, 0.15) is 27.7 Å². The number of halogens is 2. The van der Waals surface area contributed by atoms with Crippen molar-refractivity contribution < 1.29 is 8.78 Å². The summed E-state index contributed by atoms with van der Waals surface area (Å²) in [5.74, 6) is -0.317. The predicted octanol–water partition coefficient (Wildman–Crippen LogP) is 2.93. The average molecular weight is 136 g/mol. The second-order valence-corrected chi connectivity index (χ2v) is 3.13. The van der Waals surface area contributed by atoms with E-state index in [9.17, 15) is 8.78 Å². The molecule has 0 aromatic heterocycles. The zero-order chi connectivity index (χ0) is 6.36. The van der Waals surface area contributed by atoms with Crippen LogP contribution in [0.4, 0.5) is 8.78 Å². The molecular formula is C7H14F2. The van der Waals surface area contributed by atoms with Crippen molar-refractivity contribution in [1.29, 1.82) is 0 Å². The number of hydrogen-bond acceptors (Lipinski definition) is 0. The van der Waals surface area contributed by atoms with E-state index in [0.29, 0.717) is 6.42 Å². The molecule has 1 aliphatic carbocycles. The van der Waals surface area contributed by atoms with Crippen LogP contribution in [-0.2, 0) is 0 Å². The fourth-order valence-electron chi connectivity index (χ4n) is 0.938. The van der Waals surface area contributed by atoms with Gasteiger partial charge in [0.25, 0.3) is 0 Å². The first-order valence-electron chi connectivity index (χ1n) is 2.82. The Morgan fingerprint density at radius 3 is 1.78 bits per heavy atom. The standard InChI is InChI=1S/C6H10F2.CH4/c1-6(2)3-4(6)5(7)8;/h4-5H,3H2,1-2H3;1H4/t4-;/m0./s1. The lowest BCUT2D eigenvalue weighted by atomic mass is 10.1. The molecule has 0 amide bonds. The minimum absolute atomic E-state index is 0. The quantitative estimate of drug-likeness (QED) is 0.520. The lowest BCUT2D eigenvalue weighted by Crippen LogP contribution is -1.99. The van der Waals surface area contributed by atoms with Crippen LogP contribution in [0.25, 0.3) is 0 Å². The first-order chi connectivity index (χ1) is 3.54. The van der Waals surface area contributed by atoms with Crippen LogP contribution in [0, 0.1) is 11.3 Å². The first kappa shape index (κ1) is 8.86. The monoisotopic (exact) mass is 136 g/mol. The summed E-state index contributed by atoms with van der Waals surface area (Å²) in [7, 11) is 0. The summed E-state index contributed by atoms with van der Waals surface area (Å²) in [6, 6.07) is 0. The van der Waals surface area contributed by atoms with Crippen molar-refractivity contribution in [3.05, 3.63) is 0 Å². The highest BCUT2D eigenvalue weighted by atomic mass is 19.3. The van der Waals surface area contributed by atoms with Gasteiger partial charge in [0.2, 0.25) is 6.43 Å². The maximum atomic E-state index is 11.7. The molecule has 1 saturated carbocycles. The molecule has 56 valence electrons. The molecule has 1 aliphatic rings. The van der Waals surface area contributed by atoms with E-state index >= 15 is 0 Å². The van der Waals surface area contributed by atoms with Crippen LogP contribution in [-0.4, -0.2) is 6.43 Å². The Bertz CT molecular complexity index is 97.1. The molecule has 0 nitrogen and oxygen atoms in total. The topological polar surface area (TPSA) is 0 Å². The highest BCUT2D eigenvalue weighted by Crippen LogP contribution is 2.54. The van der Waals surface area contributed by atoms with Gasteiger partial charge in [-0.25, -0.2) is 8.78 Å². The van der Waals surface area contributed by atoms with Crippen LogP contribution < -0.4 is 0 Å². The molecule has 1 rings (SSSR count). The van der Waals surface area contributed by atoms with Gasteiger partial charge in [-0.2, -0.15) is 0 Å². The highest BCUT2D eigenvalue weighted by molar-refractivity contribution is 4.96. The molecule has 0 saturated heterocycles. The minimum Gasteiger partial charge on any atom is -0.210 e. The maximum absolute atomic E-state index is 11.7. The maximum Gasteiger partial charge on any atom is 0.241 e. The summed E-state index contributed by atoms with van der Waals surface area (Å²) in [6.07, 6.45) is -1.39. The van der Waals surface area contributed by atoms with Crippen LogP contribution in [0.2, 0.25) is 0 Å². The van der Waals surface area contributed by atoms with Gasteiger partial charge in [0.15, 0.2) is 0 Å². The summed E-state index contributed by atoms with van der Waals surface area (Å²) < 4.78 is 23.4. The van der Waals surface area contributed by atoms with Gasteiger partial charge in [-0.1, -0.05) is 21.3 Å². The van der Waals surface area contributed by atoms with Crippen molar-refractivity contribution in [3.8, 4) is 0 Å². The summed E-state index contributed by atoms with van der Waals surface area (Å²) in [5, 5.41) is 0. The summed E-state index contributed by atoms with van der Waals surface area (Å²) in [4.78, 5) is 0. The lowest BCUT2D eigenvalue weighted by molar-refractivity contribution is 0.108. The van der Waals surface area contributed by atoms with E-state index in [2.05, 4.69) is 0 Å². The van der Waals surface area contributed by atoms with E-state index in [1.807, 2.05) is 13.8 Å². The Kier molecular flexibility index (Phi) is 2.20. The molecule has 0 bridgehead atoms. The Hall–Kier alpha value is -0.140. The smallest absolute Gasteiger partial charge is 0.210 e. The average Bonchev–Trinajstić information content (AvgIpc) is 2.13. The molecule has 0 aromatic rings. The normalized spacial score (nSPS) is 29.7. The van der Waals surface area contributed by atoms with Gasteiger partial charge in [-0.15, -0.1) is 0 Å². The third kappa shape index (κ3) is 1.63. The molecule has 1 atom stereocenters. The SMILES string of the molecule is C.CC1(C)C[C@H]1C(F)F. The van der Waals surface area contributed by atoms with Gasteiger partial charge < -0.3 is 0 Å². The molecule has 0 radical (unpaired) electrons. The van der Waals surface area contributed by atoms with E-state index in [1.165, 1.54) is 0 Å². The Morgan fingerprint density at radius 1 is 1.44 bits per heavy atom. The lowest BCUT2D eigenvalue weighted by Gasteiger charge is -1.98. The summed E-state index contributed by atoms with van der Waals surface area (Å²) >= 11 is 0. The molecule has 1 fully saturated rings. The zero-order valence-corrected chi connectivity index (χ0v) is 5.12. The summed E-state index contributed by atoms with van der Waals surface area (Å²) in [5.41, 5.74) is -0.0613. The number of alkyl halides is 2. The van der Waals surface area contributed by atoms with Gasteiger partial charge in [0.1, 0.15) is 0 Å². The Balaban J connectivity index is 0.000000640. The van der Waals surface area contributed by atoms with Gasteiger partial charge >= 0.3 is 0 Å². The van der Waals surface area contributed by atoms with Crippen molar-refractivity contribution in [2.75, 3.05) is 0 Å². The predicted molar refractivity (Wildman–Crippen MR) is 34.6 cm³/mol. The van der Waals surface area contributed by atoms with Crippen LogP contribution in [0.3, 0.4) is 0 Å². The third-order valence-electron chi connectivity index (χ3n) is 1.89.